The monoisotopic (exact) mass is 519 g/mol. The number of aryl methyl sites for hydroxylation is 2. The van der Waals surface area contributed by atoms with E-state index < -0.39 is 5.91 Å². The standard InChI is InChI=1S/C21H18N4O.C7H7N5O/c1-3-18-15-24-12-11-17(10-9-16-13-22-23(2)14-16)20(24)21(26)25(18)19-7-5-4-6-8-19;8-6-5(7(9)13)12-4(11-6)2-1-3-10-12/h4-8,11-15H,3H2,1-2H3;1-3H,8H2,(H2,9,13). The van der Waals surface area contributed by atoms with Gasteiger partial charge in [0.15, 0.2) is 17.2 Å². The summed E-state index contributed by atoms with van der Waals surface area (Å²) < 4.78 is 6.66. The molecule has 5 heterocycles. The lowest BCUT2D eigenvalue weighted by Crippen LogP contribution is -2.24. The number of nitrogens with zero attached hydrogens (tertiary/aromatic N) is 7. The first-order valence-corrected chi connectivity index (χ1v) is 12.1. The smallest absolute Gasteiger partial charge is 0.280 e. The number of benzene rings is 1. The number of imidazole rings is 1. The van der Waals surface area contributed by atoms with Gasteiger partial charge < -0.3 is 15.9 Å². The molecule has 0 aliphatic heterocycles. The van der Waals surface area contributed by atoms with Crippen LogP contribution in [0.2, 0.25) is 0 Å². The zero-order chi connectivity index (χ0) is 27.5. The molecule has 0 atom stereocenters. The topological polar surface area (TPSA) is 144 Å². The van der Waals surface area contributed by atoms with Crippen LogP contribution in [0.1, 0.15) is 34.2 Å². The van der Waals surface area contributed by atoms with E-state index in [0.717, 1.165) is 23.4 Å². The van der Waals surface area contributed by atoms with Crippen molar-refractivity contribution < 1.29 is 4.79 Å². The average Bonchev–Trinajstić information content (AvgIpc) is 3.63. The largest absolute Gasteiger partial charge is 0.382 e. The Morgan fingerprint density at radius 3 is 2.51 bits per heavy atom. The van der Waals surface area contributed by atoms with Crippen LogP contribution in [0.4, 0.5) is 5.82 Å². The highest BCUT2D eigenvalue weighted by atomic mass is 16.1. The number of nitrogens with two attached hydrogens (primary N) is 2. The fraction of sp³-hybridized carbons (Fsp3) is 0.107. The van der Waals surface area contributed by atoms with Gasteiger partial charge >= 0.3 is 0 Å². The number of hydrogen-bond acceptors (Lipinski definition) is 6. The van der Waals surface area contributed by atoms with E-state index in [0.29, 0.717) is 16.7 Å². The van der Waals surface area contributed by atoms with Crippen molar-refractivity contribution in [3.63, 3.8) is 0 Å². The van der Waals surface area contributed by atoms with Crippen LogP contribution in [-0.2, 0) is 13.5 Å². The molecule has 1 amide bonds. The highest BCUT2D eigenvalue weighted by Gasteiger charge is 2.15. The van der Waals surface area contributed by atoms with Crippen molar-refractivity contribution >= 4 is 22.9 Å². The Hall–Kier alpha value is -5.63. The number of anilines is 1. The molecule has 0 unspecified atom stereocenters. The molecule has 6 aromatic rings. The van der Waals surface area contributed by atoms with Gasteiger partial charge in [-0.15, -0.1) is 0 Å². The molecule has 4 N–H and O–H groups in total. The van der Waals surface area contributed by atoms with Gasteiger partial charge in [-0.2, -0.15) is 10.2 Å². The number of fused-ring (bicyclic) bond motifs is 2. The molecule has 0 radical (unpaired) electrons. The van der Waals surface area contributed by atoms with Crippen molar-refractivity contribution in [2.75, 3.05) is 5.73 Å². The molecule has 1 aromatic carbocycles. The third-order valence-corrected chi connectivity index (χ3v) is 5.97. The van der Waals surface area contributed by atoms with Gasteiger partial charge in [0.05, 0.1) is 17.3 Å². The Labute approximate surface area is 222 Å². The summed E-state index contributed by atoms with van der Waals surface area (Å²) >= 11 is 0. The maximum absolute atomic E-state index is 13.3. The predicted octanol–water partition coefficient (Wildman–Crippen LogP) is 2.20. The molecule has 5 aromatic heterocycles. The minimum absolute atomic E-state index is 0.0592. The molecule has 0 aliphatic rings. The number of carbonyl (C=O) groups excluding carboxylic acids is 1. The number of primary amides is 1. The number of nitrogen functional groups attached to an aromatic ring is 1. The van der Waals surface area contributed by atoms with E-state index in [-0.39, 0.29) is 17.1 Å². The first-order valence-electron chi connectivity index (χ1n) is 12.1. The zero-order valence-corrected chi connectivity index (χ0v) is 21.3. The summed E-state index contributed by atoms with van der Waals surface area (Å²) in [5, 5.41) is 8.01. The van der Waals surface area contributed by atoms with Crippen LogP contribution in [0.5, 0.6) is 0 Å². The van der Waals surface area contributed by atoms with E-state index in [1.165, 1.54) is 10.7 Å². The Balaban J connectivity index is 0.000000198. The lowest BCUT2D eigenvalue weighted by molar-refractivity contribution is 0.0994. The van der Waals surface area contributed by atoms with Gasteiger partial charge in [0, 0.05) is 43.2 Å². The Bertz CT molecular complexity index is 1930. The number of aromatic nitrogens is 7. The van der Waals surface area contributed by atoms with Crippen LogP contribution in [-0.4, -0.2) is 39.3 Å². The highest BCUT2D eigenvalue weighted by Crippen LogP contribution is 2.15. The van der Waals surface area contributed by atoms with Crippen LogP contribution in [0, 0.1) is 11.8 Å². The van der Waals surface area contributed by atoms with Crippen LogP contribution in [0.25, 0.3) is 16.9 Å². The molecule has 0 aliphatic carbocycles. The summed E-state index contributed by atoms with van der Waals surface area (Å²) in [5.41, 5.74) is 15.1. The van der Waals surface area contributed by atoms with Crippen molar-refractivity contribution in [1.29, 1.82) is 0 Å². The third kappa shape index (κ3) is 4.86. The van der Waals surface area contributed by atoms with Crippen LogP contribution in [0.3, 0.4) is 0 Å². The number of rotatable bonds is 3. The summed E-state index contributed by atoms with van der Waals surface area (Å²) in [7, 11) is 1.85. The van der Waals surface area contributed by atoms with E-state index in [9.17, 15) is 9.59 Å². The summed E-state index contributed by atoms with van der Waals surface area (Å²) in [6.07, 6.45) is 9.73. The second-order valence-electron chi connectivity index (χ2n) is 8.59. The zero-order valence-electron chi connectivity index (χ0n) is 21.3. The third-order valence-electron chi connectivity index (χ3n) is 5.97. The molecule has 0 saturated heterocycles. The van der Waals surface area contributed by atoms with Gasteiger partial charge in [0.1, 0.15) is 5.52 Å². The molecule has 0 spiro atoms. The van der Waals surface area contributed by atoms with E-state index >= 15 is 0 Å². The molecule has 6 rings (SSSR count). The lowest BCUT2D eigenvalue weighted by atomic mass is 10.2. The second-order valence-corrected chi connectivity index (χ2v) is 8.59. The summed E-state index contributed by atoms with van der Waals surface area (Å²) in [5.74, 6) is 5.66. The minimum atomic E-state index is -0.635. The fourth-order valence-electron chi connectivity index (χ4n) is 4.21. The van der Waals surface area contributed by atoms with Crippen LogP contribution < -0.4 is 17.0 Å². The number of hydrogen-bond donors (Lipinski definition) is 2. The number of amides is 1. The Morgan fingerprint density at radius 1 is 1.03 bits per heavy atom. The van der Waals surface area contributed by atoms with Crippen molar-refractivity contribution in [2.24, 2.45) is 12.8 Å². The molecule has 194 valence electrons. The predicted molar refractivity (Wildman–Crippen MR) is 147 cm³/mol. The minimum Gasteiger partial charge on any atom is -0.382 e. The average molecular weight is 520 g/mol. The maximum Gasteiger partial charge on any atom is 0.280 e. The Kier molecular flexibility index (Phi) is 6.67. The van der Waals surface area contributed by atoms with Gasteiger partial charge in [-0.25, -0.2) is 9.50 Å². The molecule has 11 heteroatoms. The van der Waals surface area contributed by atoms with Gasteiger partial charge in [-0.3, -0.25) is 18.8 Å². The summed E-state index contributed by atoms with van der Waals surface area (Å²) in [6, 6.07) is 15.0. The van der Waals surface area contributed by atoms with Crippen LogP contribution in [0.15, 0.2) is 84.3 Å². The van der Waals surface area contributed by atoms with E-state index in [4.69, 9.17) is 11.5 Å². The molecule has 0 bridgehead atoms. The van der Waals surface area contributed by atoms with Gasteiger partial charge in [-0.05, 0) is 36.8 Å². The van der Waals surface area contributed by atoms with Crippen molar-refractivity contribution in [1.82, 2.24) is 33.3 Å². The fourth-order valence-corrected chi connectivity index (χ4v) is 4.21. The first-order chi connectivity index (χ1) is 18.9. The lowest BCUT2D eigenvalue weighted by Gasteiger charge is -2.13. The molecule has 0 fully saturated rings. The molecule has 0 saturated carbocycles. The van der Waals surface area contributed by atoms with Crippen molar-refractivity contribution in [3.8, 4) is 17.5 Å². The molecule has 11 nitrogen and oxygen atoms in total. The van der Waals surface area contributed by atoms with E-state index in [1.54, 1.807) is 27.6 Å². The van der Waals surface area contributed by atoms with Gasteiger partial charge in [0.25, 0.3) is 11.5 Å². The Morgan fingerprint density at radius 2 is 1.82 bits per heavy atom. The van der Waals surface area contributed by atoms with Crippen LogP contribution >= 0.6 is 0 Å². The summed E-state index contributed by atoms with van der Waals surface area (Å²) in [6.45, 7) is 2.05. The second kappa shape index (κ2) is 10.4. The molecular formula is C28H25N9O2. The first kappa shape index (κ1) is 25.0. The molecule has 39 heavy (non-hydrogen) atoms. The van der Waals surface area contributed by atoms with Gasteiger partial charge in [0.2, 0.25) is 0 Å². The van der Waals surface area contributed by atoms with Gasteiger partial charge in [-0.1, -0.05) is 37.0 Å². The number of carbonyl (C=O) groups is 1. The van der Waals surface area contributed by atoms with Crippen molar-refractivity contribution in [3.05, 3.63) is 112 Å². The van der Waals surface area contributed by atoms with E-state index in [1.807, 2.05) is 73.4 Å². The van der Waals surface area contributed by atoms with Crippen molar-refractivity contribution in [2.45, 2.75) is 13.3 Å². The SMILES string of the molecule is CCc1cn2ccc(C#Cc3cnn(C)c3)c2c(=O)n1-c1ccccc1.NC(=O)c1c(N)nc2cccnn12. The van der Waals surface area contributed by atoms with E-state index in [2.05, 4.69) is 27.0 Å². The highest BCUT2D eigenvalue weighted by molar-refractivity contribution is 5.96. The normalized spacial score (nSPS) is 10.6. The quantitative estimate of drug-likeness (QED) is 0.343. The maximum atomic E-state index is 13.3. The molecular weight excluding hydrogens is 494 g/mol. The summed E-state index contributed by atoms with van der Waals surface area (Å²) in [4.78, 5) is 28.1. The number of para-hydroxylation sites is 1.